The molecule has 0 aliphatic rings. The van der Waals surface area contributed by atoms with Gasteiger partial charge in [-0.3, -0.25) is 19.6 Å². The number of primary amides is 2. The van der Waals surface area contributed by atoms with E-state index in [1.807, 2.05) is 0 Å². The summed E-state index contributed by atoms with van der Waals surface area (Å²) >= 11 is 0. The summed E-state index contributed by atoms with van der Waals surface area (Å²) < 4.78 is 0. The molecule has 0 aliphatic carbocycles. The van der Waals surface area contributed by atoms with Crippen molar-refractivity contribution in [1.29, 1.82) is 0 Å². The maximum Gasteiger partial charge on any atom is 0.249 e. The van der Waals surface area contributed by atoms with Crippen molar-refractivity contribution in [2.45, 2.75) is 0 Å². The number of nitrogens with two attached hydrogens (primary N) is 2. The molecule has 0 spiro atoms. The Labute approximate surface area is 138 Å². The van der Waals surface area contributed by atoms with Crippen LogP contribution in [-0.2, 0) is 0 Å². The number of hydrogen-bond donors (Lipinski definition) is 2. The number of pyridine rings is 2. The highest BCUT2D eigenvalue weighted by Gasteiger charge is 2.21. The highest BCUT2D eigenvalue weighted by molar-refractivity contribution is 6.10. The SMILES string of the molecule is NC(=O)c1ccc(C(N)=O)c(-c2ccncc2)c1-c1ccncc1. The molecule has 3 aromatic rings. The number of amides is 2. The Morgan fingerprint density at radius 1 is 0.625 bits per heavy atom. The van der Waals surface area contributed by atoms with E-state index in [0.29, 0.717) is 33.4 Å². The van der Waals surface area contributed by atoms with E-state index in [2.05, 4.69) is 9.97 Å². The Bertz CT molecular complexity index is 833. The molecule has 3 rings (SSSR count). The van der Waals surface area contributed by atoms with Crippen molar-refractivity contribution in [3.63, 3.8) is 0 Å². The highest BCUT2D eigenvalue weighted by Crippen LogP contribution is 2.37. The summed E-state index contributed by atoms with van der Waals surface area (Å²) in [7, 11) is 0. The molecule has 1 aromatic carbocycles. The Kier molecular flexibility index (Phi) is 4.03. The monoisotopic (exact) mass is 318 g/mol. The third kappa shape index (κ3) is 2.72. The first-order chi connectivity index (χ1) is 11.6. The molecule has 0 fully saturated rings. The lowest BCUT2D eigenvalue weighted by Gasteiger charge is -2.17. The third-order valence-electron chi connectivity index (χ3n) is 3.67. The second-order valence-electron chi connectivity index (χ2n) is 5.11. The summed E-state index contributed by atoms with van der Waals surface area (Å²) in [5.74, 6) is -1.18. The van der Waals surface area contributed by atoms with E-state index < -0.39 is 11.8 Å². The summed E-state index contributed by atoms with van der Waals surface area (Å²) in [6.45, 7) is 0. The lowest BCUT2D eigenvalue weighted by Crippen LogP contribution is -2.17. The average Bonchev–Trinajstić information content (AvgIpc) is 2.61. The zero-order chi connectivity index (χ0) is 17.1. The normalized spacial score (nSPS) is 10.3. The van der Waals surface area contributed by atoms with Crippen molar-refractivity contribution in [2.24, 2.45) is 11.5 Å². The molecular weight excluding hydrogens is 304 g/mol. The summed E-state index contributed by atoms with van der Waals surface area (Å²) in [4.78, 5) is 31.9. The standard InChI is InChI=1S/C18H14N4O2/c19-17(23)13-1-2-14(18(20)24)16(12-5-9-22-10-6-12)15(13)11-3-7-21-8-4-11/h1-10H,(H2,19,23)(H2,20,24). The molecule has 0 atom stereocenters. The average molecular weight is 318 g/mol. The lowest BCUT2D eigenvalue weighted by molar-refractivity contribution is 0.0989. The van der Waals surface area contributed by atoms with Gasteiger partial charge in [0, 0.05) is 47.0 Å². The van der Waals surface area contributed by atoms with Crippen LogP contribution in [-0.4, -0.2) is 21.8 Å². The second kappa shape index (κ2) is 6.29. The minimum Gasteiger partial charge on any atom is -0.366 e. The van der Waals surface area contributed by atoms with Gasteiger partial charge >= 0.3 is 0 Å². The fourth-order valence-electron chi connectivity index (χ4n) is 2.65. The van der Waals surface area contributed by atoms with Crippen molar-refractivity contribution in [3.8, 4) is 22.3 Å². The number of carbonyl (C=O) groups is 2. The Morgan fingerprint density at radius 3 is 1.25 bits per heavy atom. The molecule has 118 valence electrons. The summed E-state index contributed by atoms with van der Waals surface area (Å²) in [5, 5.41) is 0. The Hall–Kier alpha value is -3.54. The van der Waals surface area contributed by atoms with Crippen LogP contribution in [0, 0.1) is 0 Å². The van der Waals surface area contributed by atoms with Crippen LogP contribution in [0.2, 0.25) is 0 Å². The van der Waals surface area contributed by atoms with Crippen LogP contribution < -0.4 is 11.5 Å². The van der Waals surface area contributed by atoms with Crippen molar-refractivity contribution >= 4 is 11.8 Å². The minimum atomic E-state index is -0.590. The molecule has 2 amide bonds. The van der Waals surface area contributed by atoms with Crippen LogP contribution in [0.4, 0.5) is 0 Å². The van der Waals surface area contributed by atoms with E-state index in [9.17, 15) is 9.59 Å². The van der Waals surface area contributed by atoms with Crippen LogP contribution in [0.5, 0.6) is 0 Å². The molecule has 2 aromatic heterocycles. The molecule has 6 heteroatoms. The first kappa shape index (κ1) is 15.4. The van der Waals surface area contributed by atoms with Crippen LogP contribution in [0.25, 0.3) is 22.3 Å². The Balaban J connectivity index is 2.45. The van der Waals surface area contributed by atoms with E-state index in [1.54, 1.807) is 49.1 Å². The molecule has 2 heterocycles. The predicted molar refractivity (Wildman–Crippen MR) is 89.9 cm³/mol. The number of rotatable bonds is 4. The number of benzene rings is 1. The van der Waals surface area contributed by atoms with Gasteiger partial charge in [-0.05, 0) is 47.5 Å². The molecule has 6 nitrogen and oxygen atoms in total. The quantitative estimate of drug-likeness (QED) is 0.766. The fraction of sp³-hybridized carbons (Fsp3) is 0. The maximum atomic E-state index is 11.9. The first-order valence-electron chi connectivity index (χ1n) is 7.17. The number of nitrogens with zero attached hydrogens (tertiary/aromatic N) is 2. The van der Waals surface area contributed by atoms with Gasteiger partial charge in [0.25, 0.3) is 0 Å². The van der Waals surface area contributed by atoms with E-state index in [0.717, 1.165) is 0 Å². The van der Waals surface area contributed by atoms with Gasteiger partial charge in [-0.25, -0.2) is 0 Å². The van der Waals surface area contributed by atoms with Crippen molar-refractivity contribution in [1.82, 2.24) is 9.97 Å². The number of aromatic nitrogens is 2. The van der Waals surface area contributed by atoms with Gasteiger partial charge in [-0.15, -0.1) is 0 Å². The van der Waals surface area contributed by atoms with Gasteiger partial charge in [-0.2, -0.15) is 0 Å². The molecule has 4 N–H and O–H groups in total. The topological polar surface area (TPSA) is 112 Å². The largest absolute Gasteiger partial charge is 0.366 e. The molecule has 0 bridgehead atoms. The fourth-order valence-corrected chi connectivity index (χ4v) is 2.65. The molecule has 24 heavy (non-hydrogen) atoms. The molecule has 0 saturated heterocycles. The first-order valence-corrected chi connectivity index (χ1v) is 7.17. The maximum absolute atomic E-state index is 11.9. The van der Waals surface area contributed by atoms with Gasteiger partial charge in [0.2, 0.25) is 11.8 Å². The van der Waals surface area contributed by atoms with Crippen molar-refractivity contribution in [2.75, 3.05) is 0 Å². The molecule has 0 unspecified atom stereocenters. The van der Waals surface area contributed by atoms with Gasteiger partial charge < -0.3 is 11.5 Å². The van der Waals surface area contributed by atoms with E-state index >= 15 is 0 Å². The lowest BCUT2D eigenvalue weighted by atomic mass is 9.87. The smallest absolute Gasteiger partial charge is 0.249 e. The van der Waals surface area contributed by atoms with Gasteiger partial charge in [0.1, 0.15) is 0 Å². The second-order valence-corrected chi connectivity index (χ2v) is 5.11. The summed E-state index contributed by atoms with van der Waals surface area (Å²) in [6.07, 6.45) is 6.42. The summed E-state index contributed by atoms with van der Waals surface area (Å²) in [5.41, 5.74) is 14.2. The van der Waals surface area contributed by atoms with Crippen LogP contribution in [0.15, 0.2) is 61.2 Å². The zero-order valence-corrected chi connectivity index (χ0v) is 12.6. The van der Waals surface area contributed by atoms with Gasteiger partial charge in [-0.1, -0.05) is 0 Å². The third-order valence-corrected chi connectivity index (χ3v) is 3.67. The molecule has 0 aliphatic heterocycles. The zero-order valence-electron chi connectivity index (χ0n) is 12.6. The van der Waals surface area contributed by atoms with E-state index in [-0.39, 0.29) is 0 Å². The predicted octanol–water partition coefficient (Wildman–Crippen LogP) is 2.01. The van der Waals surface area contributed by atoms with Crippen molar-refractivity contribution < 1.29 is 9.59 Å². The van der Waals surface area contributed by atoms with Crippen LogP contribution in [0.1, 0.15) is 20.7 Å². The number of carbonyl (C=O) groups excluding carboxylic acids is 2. The van der Waals surface area contributed by atoms with E-state index in [1.165, 1.54) is 12.1 Å². The number of hydrogen-bond acceptors (Lipinski definition) is 4. The van der Waals surface area contributed by atoms with Gasteiger partial charge in [0.15, 0.2) is 0 Å². The van der Waals surface area contributed by atoms with Gasteiger partial charge in [0.05, 0.1) is 0 Å². The molecular formula is C18H14N4O2. The minimum absolute atomic E-state index is 0.304. The summed E-state index contributed by atoms with van der Waals surface area (Å²) in [6, 6.07) is 10.0. The molecule has 0 radical (unpaired) electrons. The van der Waals surface area contributed by atoms with Crippen LogP contribution >= 0.6 is 0 Å². The van der Waals surface area contributed by atoms with Crippen LogP contribution in [0.3, 0.4) is 0 Å². The highest BCUT2D eigenvalue weighted by atomic mass is 16.1. The van der Waals surface area contributed by atoms with E-state index in [4.69, 9.17) is 11.5 Å². The molecule has 0 saturated carbocycles. The Morgan fingerprint density at radius 2 is 0.958 bits per heavy atom. The van der Waals surface area contributed by atoms with Crippen molar-refractivity contribution in [3.05, 3.63) is 72.3 Å².